The molecule has 106 valence electrons. The topological polar surface area (TPSA) is 18.5 Å². The first kappa shape index (κ1) is 14.7. The highest BCUT2D eigenvalue weighted by Gasteiger charge is 2.32. The van der Waals surface area contributed by atoms with Crippen LogP contribution < -0.4 is 0 Å². The van der Waals surface area contributed by atoms with Crippen molar-refractivity contribution in [1.82, 2.24) is 0 Å². The minimum atomic E-state index is 0.362. The van der Waals surface area contributed by atoms with Gasteiger partial charge >= 0.3 is 0 Å². The summed E-state index contributed by atoms with van der Waals surface area (Å²) in [6.07, 6.45) is 12.3. The van der Waals surface area contributed by atoms with Gasteiger partial charge in [0, 0.05) is 12.5 Å². The molecule has 0 radical (unpaired) electrons. The molecule has 2 unspecified atom stereocenters. The predicted octanol–water partition coefficient (Wildman–Crippen LogP) is 3.84. The van der Waals surface area contributed by atoms with E-state index >= 15 is 0 Å². The van der Waals surface area contributed by atoms with Gasteiger partial charge in [0.25, 0.3) is 0 Å². The van der Waals surface area contributed by atoms with E-state index < -0.39 is 0 Å². The van der Waals surface area contributed by atoms with Crippen molar-refractivity contribution in [3.63, 3.8) is 0 Å². The van der Waals surface area contributed by atoms with Crippen LogP contribution in [0.4, 0.5) is 0 Å². The molecular formula is C15H28O2S. The van der Waals surface area contributed by atoms with Gasteiger partial charge in [-0.25, -0.2) is 0 Å². The summed E-state index contributed by atoms with van der Waals surface area (Å²) in [5.74, 6) is 0.980. The van der Waals surface area contributed by atoms with Gasteiger partial charge in [-0.05, 0) is 44.3 Å². The molecule has 2 aliphatic carbocycles. The number of hydrogen-bond acceptors (Lipinski definition) is 3. The number of methoxy groups -OCH3 is 1. The average molecular weight is 272 g/mol. The quantitative estimate of drug-likeness (QED) is 0.767. The van der Waals surface area contributed by atoms with Crippen molar-refractivity contribution in [2.45, 2.75) is 70.0 Å². The third-order valence-electron chi connectivity index (χ3n) is 4.79. The molecule has 2 atom stereocenters. The van der Waals surface area contributed by atoms with Crippen molar-refractivity contribution in [3.8, 4) is 0 Å². The molecular weight excluding hydrogens is 244 g/mol. The van der Waals surface area contributed by atoms with Crippen LogP contribution in [0.1, 0.15) is 57.8 Å². The van der Waals surface area contributed by atoms with E-state index in [1.165, 1.54) is 51.4 Å². The molecule has 0 N–H and O–H groups in total. The second kappa shape index (κ2) is 7.16. The fraction of sp³-hybridized carbons (Fsp3) is 1.00. The number of hydrogen-bond donors (Lipinski definition) is 1. The Morgan fingerprint density at radius 2 is 1.78 bits per heavy atom. The maximum absolute atomic E-state index is 6.22. The molecule has 0 saturated heterocycles. The van der Waals surface area contributed by atoms with Gasteiger partial charge in [-0.3, -0.25) is 0 Å². The van der Waals surface area contributed by atoms with Crippen molar-refractivity contribution in [2.75, 3.05) is 19.5 Å². The van der Waals surface area contributed by atoms with Gasteiger partial charge in [0.15, 0.2) is 0 Å². The molecule has 0 bridgehead atoms. The summed E-state index contributed by atoms with van der Waals surface area (Å²) in [6, 6.07) is 0. The minimum absolute atomic E-state index is 0.362. The van der Waals surface area contributed by atoms with Crippen LogP contribution in [-0.4, -0.2) is 31.7 Å². The Balaban J connectivity index is 1.78. The lowest BCUT2D eigenvalue weighted by atomic mass is 9.76. The Morgan fingerprint density at radius 3 is 2.44 bits per heavy atom. The van der Waals surface area contributed by atoms with E-state index in [0.717, 1.165) is 18.8 Å². The second-order valence-electron chi connectivity index (χ2n) is 6.18. The zero-order valence-corrected chi connectivity index (χ0v) is 12.6. The number of ether oxygens (including phenoxy) is 2. The van der Waals surface area contributed by atoms with Gasteiger partial charge in [-0.1, -0.05) is 19.3 Å². The maximum atomic E-state index is 6.22. The first-order chi connectivity index (χ1) is 8.78. The van der Waals surface area contributed by atoms with Crippen LogP contribution in [0.15, 0.2) is 0 Å². The number of thiol groups is 1. The highest BCUT2D eigenvalue weighted by atomic mass is 32.1. The van der Waals surface area contributed by atoms with Crippen molar-refractivity contribution in [3.05, 3.63) is 0 Å². The van der Waals surface area contributed by atoms with Crippen molar-refractivity contribution in [1.29, 1.82) is 0 Å². The number of rotatable bonds is 5. The third-order valence-corrected chi connectivity index (χ3v) is 5.46. The molecule has 3 heteroatoms. The first-order valence-electron chi connectivity index (χ1n) is 7.53. The molecule has 0 spiro atoms. The van der Waals surface area contributed by atoms with Crippen molar-refractivity contribution in [2.24, 2.45) is 5.41 Å². The van der Waals surface area contributed by atoms with E-state index in [-0.39, 0.29) is 0 Å². The lowest BCUT2D eigenvalue weighted by molar-refractivity contribution is -0.0614. The van der Waals surface area contributed by atoms with Crippen LogP contribution in [0.3, 0.4) is 0 Å². The van der Waals surface area contributed by atoms with E-state index in [9.17, 15) is 0 Å². The van der Waals surface area contributed by atoms with Gasteiger partial charge < -0.3 is 9.47 Å². The van der Waals surface area contributed by atoms with Crippen LogP contribution in [0, 0.1) is 5.41 Å². The molecule has 0 aromatic rings. The Kier molecular flexibility index (Phi) is 5.84. The summed E-state index contributed by atoms with van der Waals surface area (Å²) in [5.41, 5.74) is 0.362. The van der Waals surface area contributed by atoms with Crippen LogP contribution >= 0.6 is 12.6 Å². The molecule has 2 fully saturated rings. The monoisotopic (exact) mass is 272 g/mol. The summed E-state index contributed by atoms with van der Waals surface area (Å²) in [6.45, 7) is 0.914. The largest absolute Gasteiger partial charge is 0.381 e. The van der Waals surface area contributed by atoms with Crippen molar-refractivity contribution < 1.29 is 9.47 Å². The van der Waals surface area contributed by atoms with E-state index in [0.29, 0.717) is 17.6 Å². The Morgan fingerprint density at radius 1 is 1.06 bits per heavy atom. The lowest BCUT2D eigenvalue weighted by Crippen LogP contribution is -2.35. The van der Waals surface area contributed by atoms with Gasteiger partial charge in [0.2, 0.25) is 0 Å². The van der Waals surface area contributed by atoms with Crippen LogP contribution in [0.5, 0.6) is 0 Å². The van der Waals surface area contributed by atoms with E-state index in [4.69, 9.17) is 9.47 Å². The van der Waals surface area contributed by atoms with Gasteiger partial charge in [0.05, 0.1) is 18.8 Å². The second-order valence-corrected chi connectivity index (χ2v) is 6.49. The van der Waals surface area contributed by atoms with Crippen LogP contribution in [0.25, 0.3) is 0 Å². The van der Waals surface area contributed by atoms with Gasteiger partial charge in [-0.2, -0.15) is 12.6 Å². The molecule has 2 rings (SSSR count). The molecule has 0 aliphatic heterocycles. The lowest BCUT2D eigenvalue weighted by Gasteiger charge is -2.38. The highest BCUT2D eigenvalue weighted by molar-refractivity contribution is 7.80. The smallest absolute Gasteiger partial charge is 0.0600 e. The highest BCUT2D eigenvalue weighted by Crippen LogP contribution is 2.38. The molecule has 0 amide bonds. The van der Waals surface area contributed by atoms with Gasteiger partial charge in [-0.15, -0.1) is 0 Å². The molecule has 18 heavy (non-hydrogen) atoms. The standard InChI is InChI=1S/C15H28O2S/c1-16-13-6-5-7-14(10-13)17-11-15(12-18)8-3-2-4-9-15/h13-14,18H,2-12H2,1H3. The molecule has 0 aromatic heterocycles. The SMILES string of the molecule is COC1CCCC(OCC2(CS)CCCCC2)C1. The fourth-order valence-corrected chi connectivity index (χ4v) is 3.82. The van der Waals surface area contributed by atoms with E-state index in [2.05, 4.69) is 12.6 Å². The Labute approximate surface area is 117 Å². The molecule has 2 aliphatic rings. The molecule has 0 aromatic carbocycles. The van der Waals surface area contributed by atoms with Gasteiger partial charge in [0.1, 0.15) is 0 Å². The van der Waals surface area contributed by atoms with E-state index in [1.807, 2.05) is 7.11 Å². The van der Waals surface area contributed by atoms with Crippen LogP contribution in [0.2, 0.25) is 0 Å². The summed E-state index contributed by atoms with van der Waals surface area (Å²) >= 11 is 4.58. The summed E-state index contributed by atoms with van der Waals surface area (Å²) in [4.78, 5) is 0. The zero-order chi connectivity index (χ0) is 12.8. The predicted molar refractivity (Wildman–Crippen MR) is 78.4 cm³/mol. The van der Waals surface area contributed by atoms with Crippen LogP contribution in [-0.2, 0) is 9.47 Å². The summed E-state index contributed by atoms with van der Waals surface area (Å²) in [5, 5.41) is 0. The Hall–Kier alpha value is 0.270. The normalized spacial score (nSPS) is 32.3. The zero-order valence-electron chi connectivity index (χ0n) is 11.7. The van der Waals surface area contributed by atoms with E-state index in [1.54, 1.807) is 0 Å². The average Bonchev–Trinajstić information content (AvgIpc) is 2.46. The third kappa shape index (κ3) is 3.88. The first-order valence-corrected chi connectivity index (χ1v) is 8.16. The molecule has 2 nitrogen and oxygen atoms in total. The minimum Gasteiger partial charge on any atom is -0.381 e. The fourth-order valence-electron chi connectivity index (χ4n) is 3.41. The maximum Gasteiger partial charge on any atom is 0.0600 e. The molecule has 0 heterocycles. The van der Waals surface area contributed by atoms with Crippen molar-refractivity contribution >= 4 is 12.6 Å². The summed E-state index contributed by atoms with van der Waals surface area (Å²) in [7, 11) is 1.82. The summed E-state index contributed by atoms with van der Waals surface area (Å²) < 4.78 is 11.7. The Bertz CT molecular complexity index is 239. The molecule has 2 saturated carbocycles.